The second-order valence-electron chi connectivity index (χ2n) is 5.04. The minimum Gasteiger partial charge on any atom is -0.496 e. The van der Waals surface area contributed by atoms with Gasteiger partial charge in [-0.2, -0.15) is 0 Å². The Hall–Kier alpha value is -1.75. The molecule has 0 spiro atoms. The fourth-order valence-electron chi connectivity index (χ4n) is 2.62. The largest absolute Gasteiger partial charge is 0.496 e. The highest BCUT2D eigenvalue weighted by Gasteiger charge is 2.25. The second kappa shape index (κ2) is 6.13. The minimum atomic E-state index is -0.840. The fraction of sp³-hybridized carbons (Fsp3) is 0.533. The molecule has 5 nitrogen and oxygen atoms in total. The van der Waals surface area contributed by atoms with Gasteiger partial charge in [-0.1, -0.05) is 6.92 Å². The number of hydrogen-bond donors (Lipinski definition) is 2. The zero-order valence-corrected chi connectivity index (χ0v) is 12.1. The van der Waals surface area contributed by atoms with Crippen LogP contribution in [-0.2, 0) is 11.2 Å². The minimum absolute atomic E-state index is 0.0124. The molecule has 1 aromatic rings. The van der Waals surface area contributed by atoms with Crippen LogP contribution < -0.4 is 14.8 Å². The number of methoxy groups -OCH3 is 1. The van der Waals surface area contributed by atoms with Crippen molar-refractivity contribution in [3.63, 3.8) is 0 Å². The Balaban J connectivity index is 2.37. The molecular formula is C15H21NO4. The smallest absolute Gasteiger partial charge is 0.305 e. The molecule has 1 aliphatic rings. The molecule has 1 heterocycles. The maximum atomic E-state index is 11.0. The first kappa shape index (κ1) is 14.7. The first-order chi connectivity index (χ1) is 9.55. The predicted molar refractivity (Wildman–Crippen MR) is 75.5 cm³/mol. The van der Waals surface area contributed by atoms with E-state index >= 15 is 0 Å². The molecule has 0 amide bonds. The molecule has 0 aliphatic carbocycles. The summed E-state index contributed by atoms with van der Waals surface area (Å²) in [5.41, 5.74) is 1.95. The molecule has 5 heteroatoms. The summed E-state index contributed by atoms with van der Waals surface area (Å²) in [4.78, 5) is 11.0. The molecule has 0 aromatic heterocycles. The Morgan fingerprint density at radius 3 is 2.95 bits per heavy atom. The fourth-order valence-corrected chi connectivity index (χ4v) is 2.62. The molecule has 2 rings (SSSR count). The molecule has 0 radical (unpaired) electrons. The summed E-state index contributed by atoms with van der Waals surface area (Å²) >= 11 is 0. The molecule has 0 fully saturated rings. The molecular weight excluding hydrogens is 258 g/mol. The topological polar surface area (TPSA) is 67.8 Å². The van der Waals surface area contributed by atoms with Crippen LogP contribution >= 0.6 is 0 Å². The van der Waals surface area contributed by atoms with Crippen LogP contribution in [0.3, 0.4) is 0 Å². The number of carbonyl (C=O) groups is 1. The number of rotatable bonds is 6. The van der Waals surface area contributed by atoms with Crippen molar-refractivity contribution in [2.75, 3.05) is 13.7 Å². The number of nitrogens with one attached hydrogen (secondary N) is 1. The van der Waals surface area contributed by atoms with Crippen molar-refractivity contribution < 1.29 is 19.4 Å². The van der Waals surface area contributed by atoms with E-state index in [1.54, 1.807) is 7.11 Å². The third kappa shape index (κ3) is 3.04. The average molecular weight is 279 g/mol. The summed E-state index contributed by atoms with van der Waals surface area (Å²) in [5.74, 6) is 0.711. The number of hydrogen-bond acceptors (Lipinski definition) is 4. The molecule has 0 saturated heterocycles. The first-order valence-electron chi connectivity index (χ1n) is 6.87. The number of ether oxygens (including phenoxy) is 2. The summed E-state index contributed by atoms with van der Waals surface area (Å²) in [7, 11) is 1.61. The van der Waals surface area contributed by atoms with Crippen LogP contribution in [0.2, 0.25) is 0 Å². The van der Waals surface area contributed by atoms with Gasteiger partial charge in [-0.3, -0.25) is 4.79 Å². The zero-order chi connectivity index (χ0) is 14.7. The summed E-state index contributed by atoms with van der Waals surface area (Å²) in [6, 6.07) is 3.59. The quantitative estimate of drug-likeness (QED) is 0.835. The van der Waals surface area contributed by atoms with Gasteiger partial charge in [-0.25, -0.2) is 0 Å². The van der Waals surface area contributed by atoms with Crippen LogP contribution in [0.5, 0.6) is 11.5 Å². The van der Waals surface area contributed by atoms with Crippen molar-refractivity contribution in [3.8, 4) is 11.5 Å². The molecule has 2 atom stereocenters. The highest BCUT2D eigenvalue weighted by atomic mass is 16.5. The van der Waals surface area contributed by atoms with Crippen molar-refractivity contribution in [2.24, 2.45) is 0 Å². The maximum Gasteiger partial charge on any atom is 0.305 e. The van der Waals surface area contributed by atoms with Gasteiger partial charge in [-0.05, 0) is 25.6 Å². The third-order valence-corrected chi connectivity index (χ3v) is 3.45. The summed E-state index contributed by atoms with van der Waals surface area (Å²) in [6.07, 6.45) is 1.02. The van der Waals surface area contributed by atoms with Crippen molar-refractivity contribution in [3.05, 3.63) is 23.3 Å². The van der Waals surface area contributed by atoms with Gasteiger partial charge in [-0.15, -0.1) is 0 Å². The van der Waals surface area contributed by atoms with E-state index in [4.69, 9.17) is 14.6 Å². The number of benzene rings is 1. The van der Waals surface area contributed by atoms with E-state index in [1.165, 1.54) is 0 Å². The number of fused-ring (bicyclic) bond motifs is 1. The SMILES string of the molecule is CCNC(CC(=O)O)c1cc2c(cc1OC)CC(C)O2. The summed E-state index contributed by atoms with van der Waals surface area (Å²) in [5, 5.41) is 12.2. The highest BCUT2D eigenvalue weighted by molar-refractivity contribution is 5.68. The molecule has 1 aromatic carbocycles. The molecule has 2 unspecified atom stereocenters. The summed E-state index contributed by atoms with van der Waals surface area (Å²) < 4.78 is 11.2. The monoisotopic (exact) mass is 279 g/mol. The van der Waals surface area contributed by atoms with Gasteiger partial charge in [0.05, 0.1) is 13.5 Å². The van der Waals surface area contributed by atoms with E-state index in [1.807, 2.05) is 26.0 Å². The molecule has 0 saturated carbocycles. The van der Waals surface area contributed by atoms with Gasteiger partial charge >= 0.3 is 5.97 Å². The molecule has 20 heavy (non-hydrogen) atoms. The van der Waals surface area contributed by atoms with E-state index in [0.717, 1.165) is 23.3 Å². The van der Waals surface area contributed by atoms with E-state index in [2.05, 4.69) is 5.32 Å². The van der Waals surface area contributed by atoms with Crippen molar-refractivity contribution in [2.45, 2.75) is 38.8 Å². The molecule has 110 valence electrons. The number of carboxylic acids is 1. The lowest BCUT2D eigenvalue weighted by atomic mass is 9.99. The lowest BCUT2D eigenvalue weighted by molar-refractivity contribution is -0.137. The third-order valence-electron chi connectivity index (χ3n) is 3.45. The normalized spacial score (nSPS) is 18.2. The van der Waals surface area contributed by atoms with Crippen molar-refractivity contribution in [1.29, 1.82) is 0 Å². The van der Waals surface area contributed by atoms with E-state index in [9.17, 15) is 4.79 Å². The number of aliphatic carboxylic acids is 1. The summed E-state index contributed by atoms with van der Waals surface area (Å²) in [6.45, 7) is 4.66. The van der Waals surface area contributed by atoms with Gasteiger partial charge in [0.25, 0.3) is 0 Å². The molecule has 2 N–H and O–H groups in total. The van der Waals surface area contributed by atoms with Crippen molar-refractivity contribution >= 4 is 5.97 Å². The average Bonchev–Trinajstić information content (AvgIpc) is 2.75. The lowest BCUT2D eigenvalue weighted by Gasteiger charge is -2.20. The van der Waals surface area contributed by atoms with Gasteiger partial charge in [0, 0.05) is 23.6 Å². The Bertz CT molecular complexity index is 501. The van der Waals surface area contributed by atoms with Gasteiger partial charge in [0.2, 0.25) is 0 Å². The second-order valence-corrected chi connectivity index (χ2v) is 5.04. The highest BCUT2D eigenvalue weighted by Crippen LogP contribution is 2.38. The standard InChI is InChI=1S/C15H21NO4/c1-4-16-12(8-15(17)18)11-7-13-10(5-9(2)20-13)6-14(11)19-3/h6-7,9,12,16H,4-5,8H2,1-3H3,(H,17,18). The van der Waals surface area contributed by atoms with Crippen LogP contribution in [0.15, 0.2) is 12.1 Å². The van der Waals surface area contributed by atoms with Crippen molar-refractivity contribution in [1.82, 2.24) is 5.32 Å². The van der Waals surface area contributed by atoms with Gasteiger partial charge in [0.1, 0.15) is 17.6 Å². The van der Waals surface area contributed by atoms with Crippen LogP contribution in [0.1, 0.15) is 37.4 Å². The lowest BCUT2D eigenvalue weighted by Crippen LogP contribution is -2.24. The van der Waals surface area contributed by atoms with Crippen LogP contribution in [0.4, 0.5) is 0 Å². The maximum absolute atomic E-state index is 11.0. The predicted octanol–water partition coefficient (Wildman–Crippen LogP) is 2.14. The van der Waals surface area contributed by atoms with Gasteiger partial charge < -0.3 is 19.9 Å². The van der Waals surface area contributed by atoms with E-state index in [-0.39, 0.29) is 18.6 Å². The zero-order valence-electron chi connectivity index (χ0n) is 12.1. The van der Waals surface area contributed by atoms with Crippen LogP contribution in [-0.4, -0.2) is 30.8 Å². The Labute approximate surface area is 118 Å². The van der Waals surface area contributed by atoms with Crippen LogP contribution in [0, 0.1) is 0 Å². The Morgan fingerprint density at radius 2 is 2.35 bits per heavy atom. The molecule has 1 aliphatic heterocycles. The van der Waals surface area contributed by atoms with E-state index < -0.39 is 5.97 Å². The van der Waals surface area contributed by atoms with Crippen LogP contribution in [0.25, 0.3) is 0 Å². The Morgan fingerprint density at radius 1 is 1.60 bits per heavy atom. The Kier molecular flexibility index (Phi) is 4.49. The number of carboxylic acid groups (broad SMARTS) is 1. The van der Waals surface area contributed by atoms with E-state index in [0.29, 0.717) is 12.3 Å². The molecule has 0 bridgehead atoms. The van der Waals surface area contributed by atoms with Gasteiger partial charge in [0.15, 0.2) is 0 Å². The first-order valence-corrected chi connectivity index (χ1v) is 6.87.